The Kier molecular flexibility index (Phi) is 6.57. The second-order valence-corrected chi connectivity index (χ2v) is 7.75. The van der Waals surface area contributed by atoms with E-state index in [-0.39, 0.29) is 25.9 Å². The van der Waals surface area contributed by atoms with E-state index in [1.54, 1.807) is 6.92 Å². The molecule has 1 aromatic rings. The van der Waals surface area contributed by atoms with E-state index in [2.05, 4.69) is 0 Å². The second-order valence-electron chi connectivity index (χ2n) is 7.75. The van der Waals surface area contributed by atoms with Gasteiger partial charge in [-0.2, -0.15) is 0 Å². The zero-order valence-corrected chi connectivity index (χ0v) is 17.2. The molecule has 0 aliphatic carbocycles. The summed E-state index contributed by atoms with van der Waals surface area (Å²) in [6.07, 6.45) is 0.0272. The van der Waals surface area contributed by atoms with E-state index >= 15 is 0 Å². The quantitative estimate of drug-likeness (QED) is 0.481. The number of fused-ring (bicyclic) bond motifs is 1. The molecule has 3 amide bonds. The first-order chi connectivity index (χ1) is 14.2. The Hall–Kier alpha value is -2.72. The minimum atomic E-state index is -1.15. The number of benzene rings is 1. The number of nitrogens with two attached hydrogens (primary N) is 1. The lowest BCUT2D eigenvalue weighted by Crippen LogP contribution is -2.56. The average molecular weight is 415 g/mol. The molecule has 1 fully saturated rings. The van der Waals surface area contributed by atoms with Crippen molar-refractivity contribution < 1.29 is 28.9 Å². The maximum Gasteiger partial charge on any atom is 0.526 e. The van der Waals surface area contributed by atoms with E-state index in [1.807, 2.05) is 25.1 Å². The topological polar surface area (TPSA) is 130 Å². The lowest BCUT2D eigenvalue weighted by molar-refractivity contribution is -0.161. The van der Waals surface area contributed by atoms with E-state index in [4.69, 9.17) is 10.4 Å². The molecule has 10 heteroatoms. The number of hydrogen-bond acceptors (Lipinski definition) is 7. The molecule has 1 aromatic carbocycles. The molecule has 0 aromatic heterocycles. The summed E-state index contributed by atoms with van der Waals surface area (Å²) in [4.78, 5) is 51.3. The van der Waals surface area contributed by atoms with E-state index in [0.29, 0.717) is 18.7 Å². The van der Waals surface area contributed by atoms with Gasteiger partial charge >= 0.3 is 18.9 Å². The third kappa shape index (κ3) is 4.39. The summed E-state index contributed by atoms with van der Waals surface area (Å²) in [6.45, 7) is 4.37. The zero-order valence-electron chi connectivity index (χ0n) is 17.2. The molecule has 0 unspecified atom stereocenters. The lowest BCUT2D eigenvalue weighted by atomic mass is 9.64. The highest BCUT2D eigenvalue weighted by molar-refractivity contribution is 6.46. The molecule has 0 saturated carbocycles. The summed E-state index contributed by atoms with van der Waals surface area (Å²) >= 11 is 0. The monoisotopic (exact) mass is 415 g/mol. The molecule has 0 radical (unpaired) electrons. The van der Waals surface area contributed by atoms with Crippen LogP contribution in [-0.2, 0) is 25.6 Å². The Labute approximate surface area is 175 Å². The van der Waals surface area contributed by atoms with Crippen LogP contribution >= 0.6 is 0 Å². The van der Waals surface area contributed by atoms with E-state index in [9.17, 15) is 24.2 Å². The first-order valence-electron chi connectivity index (χ1n) is 10.1. The number of rotatable bonds is 6. The third-order valence-electron chi connectivity index (χ3n) is 5.68. The Morgan fingerprint density at radius 1 is 1.30 bits per heavy atom. The number of ketones is 1. The molecular weight excluding hydrogens is 389 g/mol. The molecule has 2 atom stereocenters. The van der Waals surface area contributed by atoms with Crippen molar-refractivity contribution in [2.75, 3.05) is 19.6 Å². The van der Waals surface area contributed by atoms with Crippen molar-refractivity contribution in [3.63, 3.8) is 0 Å². The maximum atomic E-state index is 12.6. The highest BCUT2D eigenvalue weighted by Crippen LogP contribution is 2.36. The zero-order chi connectivity index (χ0) is 22.0. The Bertz CT molecular complexity index is 876. The van der Waals surface area contributed by atoms with E-state index < -0.39 is 42.5 Å². The van der Waals surface area contributed by atoms with Crippen LogP contribution in [0.25, 0.3) is 0 Å². The van der Waals surface area contributed by atoms with Gasteiger partial charge in [-0.1, -0.05) is 18.2 Å². The van der Waals surface area contributed by atoms with Crippen LogP contribution in [-0.4, -0.2) is 71.1 Å². The number of amides is 3. The normalized spacial score (nSPS) is 20.0. The van der Waals surface area contributed by atoms with Gasteiger partial charge < -0.3 is 20.3 Å². The first-order valence-corrected chi connectivity index (χ1v) is 10.1. The van der Waals surface area contributed by atoms with Gasteiger partial charge in [0.1, 0.15) is 11.5 Å². The van der Waals surface area contributed by atoms with E-state index in [1.165, 1.54) is 4.90 Å². The highest BCUT2D eigenvalue weighted by atomic mass is 16.5. The van der Waals surface area contributed by atoms with Crippen LogP contribution in [0.2, 0.25) is 5.82 Å². The maximum absolute atomic E-state index is 12.6. The van der Waals surface area contributed by atoms with Crippen LogP contribution < -0.4 is 10.4 Å². The van der Waals surface area contributed by atoms with Crippen molar-refractivity contribution in [3.8, 4) is 5.75 Å². The smallest absolute Gasteiger partial charge is 0.526 e. The van der Waals surface area contributed by atoms with Crippen molar-refractivity contribution in [1.29, 1.82) is 0 Å². The van der Waals surface area contributed by atoms with Gasteiger partial charge in [0, 0.05) is 38.3 Å². The van der Waals surface area contributed by atoms with Crippen LogP contribution in [0.5, 0.6) is 5.75 Å². The number of carbonyl (C=O) groups is 4. The SMILES string of the molecule is CCN1CCN(C(=O)C[C@H](N)C(=O)C[C@H]2Cc3cccc(C)c3OB2O)C(=O)C1=O. The van der Waals surface area contributed by atoms with Crippen molar-refractivity contribution in [1.82, 2.24) is 9.80 Å². The number of piperazine rings is 1. The molecule has 1 saturated heterocycles. The van der Waals surface area contributed by atoms with Gasteiger partial charge in [-0.15, -0.1) is 0 Å². The Balaban J connectivity index is 1.58. The number of imide groups is 1. The number of Topliss-reactive ketones (excluding diaryl/α,β-unsaturated/α-hetero) is 1. The summed E-state index contributed by atoms with van der Waals surface area (Å²) in [6, 6.07) is 4.52. The Morgan fingerprint density at radius 2 is 2.03 bits per heavy atom. The van der Waals surface area contributed by atoms with Crippen molar-refractivity contribution >= 4 is 30.6 Å². The van der Waals surface area contributed by atoms with Crippen molar-refractivity contribution in [2.24, 2.45) is 5.73 Å². The summed E-state index contributed by atoms with van der Waals surface area (Å²) in [5.41, 5.74) is 7.72. The second kappa shape index (κ2) is 8.97. The Morgan fingerprint density at radius 3 is 2.73 bits per heavy atom. The summed E-state index contributed by atoms with van der Waals surface area (Å²) in [5, 5.41) is 10.3. The minimum absolute atomic E-state index is 0.0561. The summed E-state index contributed by atoms with van der Waals surface area (Å²) in [5.74, 6) is -2.53. The third-order valence-corrected chi connectivity index (χ3v) is 5.68. The number of aryl methyl sites for hydroxylation is 1. The van der Waals surface area contributed by atoms with Gasteiger partial charge in [0.15, 0.2) is 0 Å². The van der Waals surface area contributed by atoms with E-state index in [0.717, 1.165) is 16.0 Å². The molecular formula is C20H26BN3O6. The lowest BCUT2D eigenvalue weighted by Gasteiger charge is -2.32. The summed E-state index contributed by atoms with van der Waals surface area (Å²) < 4.78 is 5.58. The molecule has 30 heavy (non-hydrogen) atoms. The number of nitrogens with zero attached hydrogens (tertiary/aromatic N) is 2. The molecule has 0 bridgehead atoms. The first kappa shape index (κ1) is 22.0. The summed E-state index contributed by atoms with van der Waals surface area (Å²) in [7, 11) is -1.15. The van der Waals surface area contributed by atoms with Gasteiger partial charge in [0.25, 0.3) is 0 Å². The molecule has 160 valence electrons. The van der Waals surface area contributed by atoms with Crippen LogP contribution in [0.15, 0.2) is 18.2 Å². The van der Waals surface area contributed by atoms with Crippen molar-refractivity contribution in [2.45, 2.75) is 45.0 Å². The fraction of sp³-hybridized carbons (Fsp3) is 0.500. The highest BCUT2D eigenvalue weighted by Gasteiger charge is 2.39. The van der Waals surface area contributed by atoms with Gasteiger partial charge in [-0.3, -0.25) is 24.1 Å². The largest absolute Gasteiger partial charge is 0.536 e. The van der Waals surface area contributed by atoms with Crippen LogP contribution in [0.1, 0.15) is 30.9 Å². The van der Waals surface area contributed by atoms with Gasteiger partial charge in [0.05, 0.1) is 6.04 Å². The predicted molar refractivity (Wildman–Crippen MR) is 108 cm³/mol. The standard InChI is InChI=1S/C20H26BN3O6/c1-3-23-7-8-24(20(28)19(23)27)17(26)11-15(22)16(25)10-14-9-13-6-4-5-12(2)18(13)30-21(14)29/h4-6,14-15,29H,3,7-11,22H2,1-2H3/t14-,15+/m1/s1. The van der Waals surface area contributed by atoms with Crippen LogP contribution in [0, 0.1) is 6.92 Å². The fourth-order valence-corrected chi connectivity index (χ4v) is 3.85. The van der Waals surface area contributed by atoms with Gasteiger partial charge in [-0.05, 0) is 31.4 Å². The fourth-order valence-electron chi connectivity index (χ4n) is 3.85. The molecule has 2 aliphatic heterocycles. The minimum Gasteiger partial charge on any atom is -0.536 e. The molecule has 3 N–H and O–H groups in total. The van der Waals surface area contributed by atoms with Gasteiger partial charge in [-0.25, -0.2) is 0 Å². The van der Waals surface area contributed by atoms with Crippen molar-refractivity contribution in [3.05, 3.63) is 29.3 Å². The molecule has 0 spiro atoms. The number of likely N-dealkylation sites (N-methyl/N-ethyl adjacent to an activating group) is 1. The number of para-hydroxylation sites is 1. The molecule has 2 aliphatic rings. The number of hydrogen-bond donors (Lipinski definition) is 2. The predicted octanol–water partition coefficient (Wildman–Crippen LogP) is -0.325. The number of carbonyl (C=O) groups excluding carboxylic acids is 4. The average Bonchev–Trinajstić information content (AvgIpc) is 2.71. The van der Waals surface area contributed by atoms with Gasteiger partial charge in [0.2, 0.25) is 5.91 Å². The molecule has 9 nitrogen and oxygen atoms in total. The van der Waals surface area contributed by atoms with Crippen LogP contribution in [0.3, 0.4) is 0 Å². The molecule has 3 rings (SSSR count). The van der Waals surface area contributed by atoms with Crippen LogP contribution in [0.4, 0.5) is 0 Å². The molecule has 2 heterocycles.